The van der Waals surface area contributed by atoms with Crippen LogP contribution in [0.25, 0.3) is 0 Å². The Balaban J connectivity index is 0. The maximum atomic E-state index is 2.34. The minimum Gasteiger partial charge on any atom is -0.0776 e. The number of rotatable bonds is 0. The Bertz CT molecular complexity index is 42.0. The summed E-state index contributed by atoms with van der Waals surface area (Å²) in [4.78, 5) is 0. The molecule has 0 heteroatoms. The van der Waals surface area contributed by atoms with Crippen LogP contribution in [-0.2, 0) is 0 Å². The van der Waals surface area contributed by atoms with E-state index in [1.165, 1.54) is 32.1 Å². The first-order chi connectivity index (χ1) is 4.31. The summed E-state index contributed by atoms with van der Waals surface area (Å²) in [6, 6.07) is 0. The second-order valence-corrected chi connectivity index (χ2v) is 3.10. The van der Waals surface area contributed by atoms with E-state index in [2.05, 4.69) is 20.8 Å². The van der Waals surface area contributed by atoms with E-state index < -0.39 is 0 Å². The summed E-state index contributed by atoms with van der Waals surface area (Å²) in [5, 5.41) is 0. The van der Waals surface area contributed by atoms with Gasteiger partial charge in [-0.3, -0.25) is 0 Å². The lowest BCUT2D eigenvalue weighted by Crippen LogP contribution is -1.78. The molecular formula is C10H24. The van der Waals surface area contributed by atoms with E-state index in [0.717, 1.165) is 5.92 Å². The summed E-state index contributed by atoms with van der Waals surface area (Å²) in [7, 11) is 0. The third-order valence-corrected chi connectivity index (χ3v) is 1.64. The predicted octanol–water partition coefficient (Wildman–Crippen LogP) is 4.25. The molecule has 0 nitrogen and oxygen atoms in total. The monoisotopic (exact) mass is 144 g/mol. The molecule has 1 fully saturated rings. The Labute approximate surface area is 67.0 Å². The quantitative estimate of drug-likeness (QED) is 0.477. The molecule has 1 rings (SSSR count). The normalized spacial score (nSPS) is 17.1. The molecule has 1 saturated carbocycles. The third-order valence-electron chi connectivity index (χ3n) is 1.64. The highest BCUT2D eigenvalue weighted by Gasteiger charge is 2.07. The Morgan fingerprint density at radius 3 is 1.50 bits per heavy atom. The molecule has 0 unspecified atom stereocenters. The average molecular weight is 144 g/mol. The molecule has 64 valence electrons. The van der Waals surface area contributed by atoms with Gasteiger partial charge in [0.05, 0.1) is 0 Å². The SMILES string of the molecule is C.CC1CCCC1.CCC. The zero-order chi connectivity index (χ0) is 7.11. The van der Waals surface area contributed by atoms with E-state index in [-0.39, 0.29) is 7.43 Å². The maximum absolute atomic E-state index is 2.34. The van der Waals surface area contributed by atoms with Gasteiger partial charge in [-0.2, -0.15) is 0 Å². The average Bonchev–Trinajstić information content (AvgIpc) is 2.20. The van der Waals surface area contributed by atoms with Crippen LogP contribution in [0, 0.1) is 5.92 Å². The van der Waals surface area contributed by atoms with Crippen molar-refractivity contribution in [2.45, 2.75) is 60.3 Å². The largest absolute Gasteiger partial charge is 0.0776 e. The number of hydrogen-bond donors (Lipinski definition) is 0. The van der Waals surface area contributed by atoms with Crippen LogP contribution in [0.5, 0.6) is 0 Å². The molecule has 0 bridgehead atoms. The molecule has 0 aromatic heterocycles. The molecule has 0 atom stereocenters. The van der Waals surface area contributed by atoms with Crippen molar-refractivity contribution in [1.29, 1.82) is 0 Å². The molecule has 1 aliphatic rings. The molecule has 0 saturated heterocycles. The van der Waals surface area contributed by atoms with Crippen LogP contribution < -0.4 is 0 Å². The number of hydrogen-bond acceptors (Lipinski definition) is 0. The van der Waals surface area contributed by atoms with Crippen LogP contribution in [0.1, 0.15) is 60.3 Å². The van der Waals surface area contributed by atoms with Crippen molar-refractivity contribution in [3.05, 3.63) is 0 Å². The van der Waals surface area contributed by atoms with Crippen LogP contribution >= 0.6 is 0 Å². The standard InChI is InChI=1S/C6H12.C3H8.CH4/c1-6-4-2-3-5-6;1-3-2;/h6H,2-5H2,1H3;3H2,1-2H3;1H4. The fraction of sp³-hybridized carbons (Fsp3) is 1.00. The van der Waals surface area contributed by atoms with Gasteiger partial charge < -0.3 is 0 Å². The summed E-state index contributed by atoms with van der Waals surface area (Å²) in [5.74, 6) is 1.05. The van der Waals surface area contributed by atoms with Crippen LogP contribution in [0.3, 0.4) is 0 Å². The molecule has 0 spiro atoms. The van der Waals surface area contributed by atoms with E-state index in [4.69, 9.17) is 0 Å². The summed E-state index contributed by atoms with van der Waals surface area (Å²) >= 11 is 0. The van der Waals surface area contributed by atoms with Crippen LogP contribution in [0.2, 0.25) is 0 Å². The summed E-state index contributed by atoms with van der Waals surface area (Å²) in [6.45, 7) is 6.59. The Morgan fingerprint density at radius 2 is 1.40 bits per heavy atom. The van der Waals surface area contributed by atoms with E-state index in [1.54, 1.807) is 0 Å². The maximum Gasteiger partial charge on any atom is -0.0443 e. The summed E-state index contributed by atoms with van der Waals surface area (Å²) in [6.07, 6.45) is 7.20. The fourth-order valence-corrected chi connectivity index (χ4v) is 1.13. The summed E-state index contributed by atoms with van der Waals surface area (Å²) < 4.78 is 0. The smallest absolute Gasteiger partial charge is 0.0443 e. The molecule has 0 amide bonds. The van der Waals surface area contributed by atoms with Crippen molar-refractivity contribution in [1.82, 2.24) is 0 Å². The molecule has 0 heterocycles. The van der Waals surface area contributed by atoms with Gasteiger partial charge >= 0.3 is 0 Å². The van der Waals surface area contributed by atoms with Gasteiger partial charge in [-0.05, 0) is 5.92 Å². The molecular weight excluding hydrogens is 120 g/mol. The first-order valence-corrected chi connectivity index (χ1v) is 4.31. The van der Waals surface area contributed by atoms with Crippen molar-refractivity contribution >= 4 is 0 Å². The minimum atomic E-state index is 0. The lowest BCUT2D eigenvalue weighted by molar-refractivity contribution is 0.612. The highest BCUT2D eigenvalue weighted by Crippen LogP contribution is 2.22. The third kappa shape index (κ3) is 8.00. The molecule has 1 aliphatic carbocycles. The molecule has 0 aliphatic heterocycles. The Morgan fingerprint density at radius 1 is 1.10 bits per heavy atom. The van der Waals surface area contributed by atoms with Crippen molar-refractivity contribution in [2.24, 2.45) is 5.92 Å². The molecule has 0 aromatic rings. The van der Waals surface area contributed by atoms with Crippen molar-refractivity contribution in [3.8, 4) is 0 Å². The van der Waals surface area contributed by atoms with Gasteiger partial charge in [0.25, 0.3) is 0 Å². The minimum absolute atomic E-state index is 0. The van der Waals surface area contributed by atoms with Gasteiger partial charge in [-0.15, -0.1) is 0 Å². The van der Waals surface area contributed by atoms with Crippen molar-refractivity contribution in [3.63, 3.8) is 0 Å². The van der Waals surface area contributed by atoms with E-state index in [0.29, 0.717) is 0 Å². The highest BCUT2D eigenvalue weighted by molar-refractivity contribution is 4.60. The van der Waals surface area contributed by atoms with Gasteiger partial charge in [0, 0.05) is 0 Å². The molecule has 0 radical (unpaired) electrons. The Kier molecular flexibility index (Phi) is 11.4. The van der Waals surface area contributed by atoms with Crippen LogP contribution in [0.4, 0.5) is 0 Å². The van der Waals surface area contributed by atoms with Crippen molar-refractivity contribution < 1.29 is 0 Å². The lowest BCUT2D eigenvalue weighted by atomic mass is 10.2. The molecule has 0 N–H and O–H groups in total. The summed E-state index contributed by atoms with van der Waals surface area (Å²) in [5.41, 5.74) is 0. The van der Waals surface area contributed by atoms with Gasteiger partial charge in [-0.1, -0.05) is 60.3 Å². The predicted molar refractivity (Wildman–Crippen MR) is 50.3 cm³/mol. The van der Waals surface area contributed by atoms with E-state index in [1.807, 2.05) is 0 Å². The Hall–Kier alpha value is 0. The van der Waals surface area contributed by atoms with Gasteiger partial charge in [-0.25, -0.2) is 0 Å². The van der Waals surface area contributed by atoms with Crippen LogP contribution in [-0.4, -0.2) is 0 Å². The molecule has 10 heavy (non-hydrogen) atoms. The highest BCUT2D eigenvalue weighted by atomic mass is 14.1. The lowest BCUT2D eigenvalue weighted by Gasteiger charge is -1.91. The van der Waals surface area contributed by atoms with E-state index >= 15 is 0 Å². The fourth-order valence-electron chi connectivity index (χ4n) is 1.13. The zero-order valence-corrected chi connectivity index (χ0v) is 7.11. The second-order valence-electron chi connectivity index (χ2n) is 3.10. The molecule has 0 aromatic carbocycles. The van der Waals surface area contributed by atoms with Gasteiger partial charge in [0.15, 0.2) is 0 Å². The van der Waals surface area contributed by atoms with Gasteiger partial charge in [0.1, 0.15) is 0 Å². The second kappa shape index (κ2) is 9.00. The van der Waals surface area contributed by atoms with Crippen molar-refractivity contribution in [2.75, 3.05) is 0 Å². The van der Waals surface area contributed by atoms with E-state index in [9.17, 15) is 0 Å². The first kappa shape index (κ1) is 12.7. The first-order valence-electron chi connectivity index (χ1n) is 4.31. The van der Waals surface area contributed by atoms with Crippen LogP contribution in [0.15, 0.2) is 0 Å². The van der Waals surface area contributed by atoms with Gasteiger partial charge in [0.2, 0.25) is 0 Å². The zero-order valence-electron chi connectivity index (χ0n) is 7.11. The topological polar surface area (TPSA) is 0 Å².